The minimum absolute atomic E-state index is 0.0954. The van der Waals surface area contributed by atoms with Gasteiger partial charge in [0.1, 0.15) is 13.4 Å². The molecule has 3 aromatic rings. The van der Waals surface area contributed by atoms with Gasteiger partial charge in [0.15, 0.2) is 8.32 Å². The summed E-state index contributed by atoms with van der Waals surface area (Å²) in [5.41, 5.74) is 3.34. The quantitative estimate of drug-likeness (QED) is 0.0680. The van der Waals surface area contributed by atoms with E-state index in [1.54, 1.807) is 7.11 Å². The third-order valence-corrected chi connectivity index (χ3v) is 12.6. The molecule has 232 valence electrons. The van der Waals surface area contributed by atoms with Crippen LogP contribution in [0.5, 0.6) is 0 Å². The number of esters is 1. The van der Waals surface area contributed by atoms with Gasteiger partial charge in [0, 0.05) is 38.9 Å². The number of nitrogens with zero attached hydrogens (tertiary/aromatic N) is 1. The zero-order chi connectivity index (χ0) is 31.1. The number of carbonyl (C=O) groups excluding carboxylic acids is 1. The van der Waals surface area contributed by atoms with E-state index >= 15 is 0 Å². The molecule has 0 saturated carbocycles. The molecule has 0 saturated heterocycles. The normalized spacial score (nSPS) is 13.7. The summed E-state index contributed by atoms with van der Waals surface area (Å²) in [6, 6.07) is 30.4. The monoisotopic (exact) mass is 603 g/mol. The Hall–Kier alpha value is -3.07. The molecule has 0 spiro atoms. The Labute approximate surface area is 259 Å². The summed E-state index contributed by atoms with van der Waals surface area (Å²) in [7, 11) is -0.363. The van der Waals surface area contributed by atoms with E-state index in [9.17, 15) is 4.79 Å². The van der Waals surface area contributed by atoms with Crippen LogP contribution in [0.4, 0.5) is 0 Å². The van der Waals surface area contributed by atoms with Crippen molar-refractivity contribution in [1.82, 2.24) is 4.90 Å². The number of ether oxygens (including phenoxy) is 3. The van der Waals surface area contributed by atoms with E-state index in [-0.39, 0.29) is 24.5 Å². The molecule has 0 aromatic heterocycles. The van der Waals surface area contributed by atoms with E-state index in [0.717, 1.165) is 5.56 Å². The molecule has 3 rings (SSSR count). The summed E-state index contributed by atoms with van der Waals surface area (Å²) in [5.74, 6) is -0.413. The SMILES string of the molecule is COCO[C@@H](/C=C/C(=O)OCc1ccccc1)[C@@H](CCO[Si](C)(C)C(C)(C)C)N(Cc1ccccc1)Cc1ccccc1. The Morgan fingerprint density at radius 2 is 1.35 bits per heavy atom. The molecule has 6 nitrogen and oxygen atoms in total. The average molecular weight is 604 g/mol. The van der Waals surface area contributed by atoms with E-state index in [1.165, 1.54) is 17.2 Å². The van der Waals surface area contributed by atoms with Crippen LogP contribution in [0.25, 0.3) is 0 Å². The van der Waals surface area contributed by atoms with Gasteiger partial charge in [-0.25, -0.2) is 4.79 Å². The Morgan fingerprint density at radius 3 is 1.84 bits per heavy atom. The highest BCUT2D eigenvalue weighted by atomic mass is 28.4. The number of carbonyl (C=O) groups is 1. The van der Waals surface area contributed by atoms with Crippen molar-refractivity contribution >= 4 is 14.3 Å². The van der Waals surface area contributed by atoms with Gasteiger partial charge in [-0.2, -0.15) is 0 Å². The van der Waals surface area contributed by atoms with E-state index in [4.69, 9.17) is 18.6 Å². The van der Waals surface area contributed by atoms with Crippen molar-refractivity contribution in [2.24, 2.45) is 0 Å². The second kappa shape index (κ2) is 17.3. The Morgan fingerprint density at radius 1 is 0.837 bits per heavy atom. The maximum absolute atomic E-state index is 12.8. The summed E-state index contributed by atoms with van der Waals surface area (Å²) in [6.45, 7) is 13.6. The molecular formula is C36H49NO5Si. The lowest BCUT2D eigenvalue weighted by atomic mass is 10.0. The fourth-order valence-electron chi connectivity index (χ4n) is 4.52. The predicted octanol–water partition coefficient (Wildman–Crippen LogP) is 7.76. The van der Waals surface area contributed by atoms with Gasteiger partial charge in [0.05, 0.1) is 6.10 Å². The van der Waals surface area contributed by atoms with Gasteiger partial charge in [-0.05, 0) is 47.3 Å². The Balaban J connectivity index is 1.90. The number of methoxy groups -OCH3 is 1. The van der Waals surface area contributed by atoms with Crippen LogP contribution in [0.15, 0.2) is 103 Å². The lowest BCUT2D eigenvalue weighted by Crippen LogP contribution is -2.46. The molecule has 3 aromatic carbocycles. The summed E-state index contributed by atoms with van der Waals surface area (Å²) in [4.78, 5) is 15.2. The molecule has 0 heterocycles. The number of rotatable bonds is 17. The van der Waals surface area contributed by atoms with Gasteiger partial charge in [-0.3, -0.25) is 4.90 Å². The summed E-state index contributed by atoms with van der Waals surface area (Å²) >= 11 is 0. The third kappa shape index (κ3) is 11.9. The van der Waals surface area contributed by atoms with Crippen LogP contribution >= 0.6 is 0 Å². The Bertz CT molecular complexity index is 1190. The molecule has 0 aliphatic heterocycles. The molecule has 43 heavy (non-hydrogen) atoms. The van der Waals surface area contributed by atoms with Gasteiger partial charge >= 0.3 is 5.97 Å². The zero-order valence-corrected chi connectivity index (χ0v) is 27.7. The lowest BCUT2D eigenvalue weighted by molar-refractivity contribution is -0.139. The van der Waals surface area contributed by atoms with Crippen LogP contribution in [0.1, 0.15) is 43.9 Å². The van der Waals surface area contributed by atoms with Crippen molar-refractivity contribution in [3.63, 3.8) is 0 Å². The standard InChI is InChI=1S/C36H49NO5Si/c1-36(2,3)43(5,6)42-25-24-33(37(26-30-16-10-7-11-17-30)27-31-18-12-8-13-19-31)34(41-29-39-4)22-23-35(38)40-28-32-20-14-9-15-21-32/h7-23,33-34H,24-29H2,1-6H3/b23-22+/t33-,34+/m1/s1. The van der Waals surface area contributed by atoms with Gasteiger partial charge in [0.25, 0.3) is 0 Å². The molecular weight excluding hydrogens is 554 g/mol. The largest absolute Gasteiger partial charge is 0.458 e. The first-order chi connectivity index (χ1) is 20.6. The van der Waals surface area contributed by atoms with Crippen LogP contribution in [-0.4, -0.2) is 51.8 Å². The van der Waals surface area contributed by atoms with E-state index < -0.39 is 20.4 Å². The van der Waals surface area contributed by atoms with Crippen molar-refractivity contribution in [1.29, 1.82) is 0 Å². The van der Waals surface area contributed by atoms with Crippen LogP contribution in [0.2, 0.25) is 18.1 Å². The minimum Gasteiger partial charge on any atom is -0.458 e. The van der Waals surface area contributed by atoms with Crippen molar-refractivity contribution in [3.05, 3.63) is 120 Å². The van der Waals surface area contributed by atoms with Gasteiger partial charge < -0.3 is 18.6 Å². The maximum atomic E-state index is 12.8. The van der Waals surface area contributed by atoms with Gasteiger partial charge in [-0.1, -0.05) is 112 Å². The molecule has 0 aliphatic rings. The molecule has 0 unspecified atom stereocenters. The lowest BCUT2D eigenvalue weighted by Gasteiger charge is -2.39. The predicted molar refractivity (Wildman–Crippen MR) is 176 cm³/mol. The smallest absolute Gasteiger partial charge is 0.330 e. The highest BCUT2D eigenvalue weighted by Crippen LogP contribution is 2.37. The number of hydrogen-bond acceptors (Lipinski definition) is 6. The zero-order valence-electron chi connectivity index (χ0n) is 26.7. The summed E-state index contributed by atoms with van der Waals surface area (Å²) < 4.78 is 23.8. The highest BCUT2D eigenvalue weighted by molar-refractivity contribution is 6.74. The third-order valence-electron chi connectivity index (χ3n) is 8.01. The van der Waals surface area contributed by atoms with Gasteiger partial charge in [-0.15, -0.1) is 0 Å². The van der Waals surface area contributed by atoms with E-state index in [0.29, 0.717) is 26.1 Å². The molecule has 0 amide bonds. The van der Waals surface area contributed by atoms with Crippen LogP contribution < -0.4 is 0 Å². The van der Waals surface area contributed by atoms with Crippen LogP contribution in [0, 0.1) is 0 Å². The minimum atomic E-state index is -1.97. The molecule has 0 N–H and O–H groups in total. The van der Waals surface area contributed by atoms with Crippen molar-refractivity contribution < 1.29 is 23.4 Å². The fourth-order valence-corrected chi connectivity index (χ4v) is 5.59. The maximum Gasteiger partial charge on any atom is 0.330 e. The molecule has 2 atom stereocenters. The van der Waals surface area contributed by atoms with Crippen molar-refractivity contribution in [2.75, 3.05) is 20.5 Å². The molecule has 7 heteroatoms. The summed E-state index contributed by atoms with van der Waals surface area (Å²) in [6.07, 6.45) is 3.56. The fraction of sp³-hybridized carbons (Fsp3) is 0.417. The second-order valence-corrected chi connectivity index (χ2v) is 17.1. The van der Waals surface area contributed by atoms with Crippen LogP contribution in [-0.2, 0) is 43.1 Å². The van der Waals surface area contributed by atoms with Crippen molar-refractivity contribution in [2.45, 2.75) is 77.2 Å². The Kier molecular flexibility index (Phi) is 13.8. The molecule has 0 aliphatic carbocycles. The average Bonchev–Trinajstić information content (AvgIpc) is 2.99. The first-order valence-corrected chi connectivity index (χ1v) is 17.9. The topological polar surface area (TPSA) is 57.2 Å². The first-order valence-electron chi connectivity index (χ1n) is 15.0. The highest BCUT2D eigenvalue weighted by Gasteiger charge is 2.37. The first kappa shape index (κ1) is 34.4. The van der Waals surface area contributed by atoms with E-state index in [2.05, 4.69) is 87.3 Å². The number of benzene rings is 3. The van der Waals surface area contributed by atoms with E-state index in [1.807, 2.05) is 48.5 Å². The second-order valence-electron chi connectivity index (χ2n) is 12.3. The van der Waals surface area contributed by atoms with Crippen molar-refractivity contribution in [3.8, 4) is 0 Å². The van der Waals surface area contributed by atoms with Gasteiger partial charge in [0.2, 0.25) is 0 Å². The molecule has 0 fully saturated rings. The molecule has 0 bridgehead atoms. The van der Waals surface area contributed by atoms with Crippen LogP contribution in [0.3, 0.4) is 0 Å². The summed E-state index contributed by atoms with van der Waals surface area (Å²) in [5, 5.41) is 0.102. The number of hydrogen-bond donors (Lipinski definition) is 0. The molecule has 0 radical (unpaired) electrons.